The van der Waals surface area contributed by atoms with Crippen molar-refractivity contribution in [2.45, 2.75) is 12.5 Å². The number of esters is 1. The predicted molar refractivity (Wildman–Crippen MR) is 143 cm³/mol. The standard InChI is InChI=1S/C30H29N3O4/c1-33(28-13-7-8-18-32-28)19-20-36-24-16-14-22(15-17-24)21-26(31)30(35)37-27-12-6-5-11-25(27)29(34)23-9-3-2-4-10-23/h2-18,26H,19-21,31H2,1H3/t26-/m0/s1. The highest BCUT2D eigenvalue weighted by Crippen LogP contribution is 2.22. The maximum Gasteiger partial charge on any atom is 0.328 e. The Morgan fingerprint density at radius 3 is 2.32 bits per heavy atom. The first-order chi connectivity index (χ1) is 18.0. The molecule has 0 radical (unpaired) electrons. The van der Waals surface area contributed by atoms with Crippen molar-refractivity contribution in [1.82, 2.24) is 4.98 Å². The Kier molecular flexibility index (Phi) is 8.62. The van der Waals surface area contributed by atoms with E-state index in [0.717, 1.165) is 17.1 Å². The summed E-state index contributed by atoms with van der Waals surface area (Å²) in [5.41, 5.74) is 7.83. The van der Waals surface area contributed by atoms with Gasteiger partial charge >= 0.3 is 5.97 Å². The normalized spacial score (nSPS) is 11.4. The first-order valence-corrected chi connectivity index (χ1v) is 12.0. The number of benzene rings is 3. The van der Waals surface area contributed by atoms with E-state index in [0.29, 0.717) is 24.3 Å². The van der Waals surface area contributed by atoms with E-state index in [-0.39, 0.29) is 18.0 Å². The predicted octanol–water partition coefficient (Wildman–Crippen LogP) is 4.30. The molecular formula is C30H29N3O4. The fraction of sp³-hybridized carbons (Fsp3) is 0.167. The minimum Gasteiger partial charge on any atom is -0.492 e. The molecule has 4 rings (SSSR count). The van der Waals surface area contributed by atoms with Gasteiger partial charge in [-0.25, -0.2) is 9.78 Å². The first kappa shape index (κ1) is 25.6. The smallest absolute Gasteiger partial charge is 0.328 e. The van der Waals surface area contributed by atoms with Gasteiger partial charge < -0.3 is 20.1 Å². The summed E-state index contributed by atoms with van der Waals surface area (Å²) in [4.78, 5) is 31.9. The summed E-state index contributed by atoms with van der Waals surface area (Å²) in [6.07, 6.45) is 2.05. The Labute approximate surface area is 216 Å². The van der Waals surface area contributed by atoms with E-state index in [2.05, 4.69) is 4.98 Å². The maximum absolute atomic E-state index is 12.9. The number of pyridine rings is 1. The van der Waals surface area contributed by atoms with Crippen molar-refractivity contribution < 1.29 is 19.1 Å². The average Bonchev–Trinajstić information content (AvgIpc) is 2.94. The van der Waals surface area contributed by atoms with E-state index in [1.807, 2.05) is 60.5 Å². The summed E-state index contributed by atoms with van der Waals surface area (Å²) in [5.74, 6) is 0.971. The van der Waals surface area contributed by atoms with Crippen LogP contribution in [0.1, 0.15) is 21.5 Å². The quantitative estimate of drug-likeness (QED) is 0.188. The van der Waals surface area contributed by atoms with E-state index < -0.39 is 12.0 Å². The third kappa shape index (κ3) is 7.02. The van der Waals surface area contributed by atoms with E-state index in [1.54, 1.807) is 54.7 Å². The number of hydrogen-bond donors (Lipinski definition) is 1. The van der Waals surface area contributed by atoms with Crippen molar-refractivity contribution >= 4 is 17.6 Å². The number of ketones is 1. The van der Waals surface area contributed by atoms with Crippen molar-refractivity contribution in [3.05, 3.63) is 120 Å². The monoisotopic (exact) mass is 495 g/mol. The Bertz CT molecular complexity index is 1310. The molecule has 188 valence electrons. The fourth-order valence-corrected chi connectivity index (χ4v) is 3.73. The molecule has 1 heterocycles. The number of para-hydroxylation sites is 1. The molecule has 0 aliphatic rings. The molecule has 0 fully saturated rings. The van der Waals surface area contributed by atoms with Gasteiger partial charge in [0, 0.05) is 18.8 Å². The van der Waals surface area contributed by atoms with E-state index >= 15 is 0 Å². The zero-order chi connectivity index (χ0) is 26.0. The Morgan fingerprint density at radius 1 is 0.892 bits per heavy atom. The number of carbonyl (C=O) groups is 2. The largest absolute Gasteiger partial charge is 0.492 e. The molecule has 7 nitrogen and oxygen atoms in total. The van der Waals surface area contributed by atoms with Gasteiger partial charge in [0.25, 0.3) is 0 Å². The number of likely N-dealkylation sites (N-methyl/N-ethyl adjacent to an activating group) is 1. The van der Waals surface area contributed by atoms with Gasteiger partial charge in [-0.05, 0) is 48.4 Å². The van der Waals surface area contributed by atoms with Crippen LogP contribution in [-0.2, 0) is 11.2 Å². The number of carbonyl (C=O) groups excluding carboxylic acids is 2. The molecule has 0 amide bonds. The van der Waals surface area contributed by atoms with Gasteiger partial charge in [-0.1, -0.05) is 60.7 Å². The number of nitrogens with zero attached hydrogens (tertiary/aromatic N) is 2. The second kappa shape index (κ2) is 12.5. The van der Waals surface area contributed by atoms with Crippen molar-refractivity contribution in [2.24, 2.45) is 5.73 Å². The Hall–Kier alpha value is -4.49. The summed E-state index contributed by atoms with van der Waals surface area (Å²) >= 11 is 0. The summed E-state index contributed by atoms with van der Waals surface area (Å²) in [5, 5.41) is 0. The maximum atomic E-state index is 12.9. The number of anilines is 1. The van der Waals surface area contributed by atoms with Crippen LogP contribution < -0.4 is 20.1 Å². The molecule has 2 N–H and O–H groups in total. The highest BCUT2D eigenvalue weighted by molar-refractivity contribution is 6.11. The molecular weight excluding hydrogens is 466 g/mol. The van der Waals surface area contributed by atoms with Gasteiger partial charge in [-0.3, -0.25) is 4.79 Å². The molecule has 0 aliphatic heterocycles. The third-order valence-electron chi connectivity index (χ3n) is 5.80. The molecule has 1 aromatic heterocycles. The van der Waals surface area contributed by atoms with Gasteiger partial charge in [0.2, 0.25) is 0 Å². The lowest BCUT2D eigenvalue weighted by Gasteiger charge is -2.18. The van der Waals surface area contributed by atoms with Crippen molar-refractivity contribution in [3.8, 4) is 11.5 Å². The van der Waals surface area contributed by atoms with Gasteiger partial charge in [0.1, 0.15) is 30.0 Å². The number of nitrogens with two attached hydrogens (primary N) is 1. The number of hydrogen-bond acceptors (Lipinski definition) is 7. The summed E-state index contributed by atoms with van der Waals surface area (Å²) in [7, 11) is 1.96. The minimum atomic E-state index is -0.890. The van der Waals surface area contributed by atoms with Crippen molar-refractivity contribution in [3.63, 3.8) is 0 Å². The van der Waals surface area contributed by atoms with Crippen LogP contribution in [0, 0.1) is 0 Å². The van der Waals surface area contributed by atoms with Crippen LogP contribution in [-0.4, -0.2) is 43.0 Å². The molecule has 1 atom stereocenters. The van der Waals surface area contributed by atoms with Gasteiger partial charge in [-0.2, -0.15) is 0 Å². The lowest BCUT2D eigenvalue weighted by Crippen LogP contribution is -2.36. The molecule has 3 aromatic carbocycles. The summed E-state index contributed by atoms with van der Waals surface area (Å²) < 4.78 is 11.4. The Balaban J connectivity index is 1.30. The third-order valence-corrected chi connectivity index (χ3v) is 5.80. The molecule has 0 unspecified atom stereocenters. The van der Waals surface area contributed by atoms with Crippen LogP contribution in [0.25, 0.3) is 0 Å². The molecule has 4 aromatic rings. The molecule has 7 heteroatoms. The van der Waals surface area contributed by atoms with Gasteiger partial charge in [0.05, 0.1) is 12.1 Å². The number of aromatic nitrogens is 1. The number of ether oxygens (including phenoxy) is 2. The summed E-state index contributed by atoms with van der Waals surface area (Å²) in [6.45, 7) is 1.18. The van der Waals surface area contributed by atoms with E-state index in [9.17, 15) is 9.59 Å². The number of rotatable bonds is 11. The van der Waals surface area contributed by atoms with E-state index in [1.165, 1.54) is 0 Å². The van der Waals surface area contributed by atoms with Crippen molar-refractivity contribution in [2.75, 3.05) is 25.1 Å². The zero-order valence-corrected chi connectivity index (χ0v) is 20.6. The topological polar surface area (TPSA) is 94.8 Å². The average molecular weight is 496 g/mol. The van der Waals surface area contributed by atoms with E-state index in [4.69, 9.17) is 15.2 Å². The van der Waals surface area contributed by atoms with Crippen LogP contribution in [0.3, 0.4) is 0 Å². The van der Waals surface area contributed by atoms with Crippen LogP contribution in [0.4, 0.5) is 5.82 Å². The second-order valence-corrected chi connectivity index (χ2v) is 8.52. The Morgan fingerprint density at radius 2 is 1.59 bits per heavy atom. The van der Waals surface area contributed by atoms with Crippen LogP contribution in [0.5, 0.6) is 11.5 Å². The molecule has 37 heavy (non-hydrogen) atoms. The molecule has 0 bridgehead atoms. The molecule has 0 aliphatic carbocycles. The van der Waals surface area contributed by atoms with Crippen LogP contribution >= 0.6 is 0 Å². The highest BCUT2D eigenvalue weighted by Gasteiger charge is 2.21. The SMILES string of the molecule is CN(CCOc1ccc(C[C@H](N)C(=O)Oc2ccccc2C(=O)c2ccccc2)cc1)c1ccccn1. The van der Waals surface area contributed by atoms with Crippen LogP contribution in [0.15, 0.2) is 103 Å². The minimum absolute atomic E-state index is 0.191. The van der Waals surface area contributed by atoms with Crippen LogP contribution in [0.2, 0.25) is 0 Å². The summed E-state index contributed by atoms with van der Waals surface area (Å²) in [6, 6.07) is 27.9. The molecule has 0 saturated heterocycles. The van der Waals surface area contributed by atoms with Crippen molar-refractivity contribution in [1.29, 1.82) is 0 Å². The molecule has 0 saturated carbocycles. The van der Waals surface area contributed by atoms with Gasteiger partial charge in [-0.15, -0.1) is 0 Å². The second-order valence-electron chi connectivity index (χ2n) is 8.52. The lowest BCUT2D eigenvalue weighted by atomic mass is 10.0. The molecule has 0 spiro atoms. The highest BCUT2D eigenvalue weighted by atomic mass is 16.5. The fourth-order valence-electron chi connectivity index (χ4n) is 3.73. The zero-order valence-electron chi connectivity index (χ0n) is 20.6. The first-order valence-electron chi connectivity index (χ1n) is 12.0. The van der Waals surface area contributed by atoms with Gasteiger partial charge in [0.15, 0.2) is 5.78 Å². The lowest BCUT2D eigenvalue weighted by molar-refractivity contribution is -0.135.